The smallest absolute Gasteiger partial charge is 0.159 e. The van der Waals surface area contributed by atoms with Gasteiger partial charge in [0.1, 0.15) is 5.75 Å². The number of benzene rings is 1. The van der Waals surface area contributed by atoms with Crippen LogP contribution in [-0.2, 0) is 0 Å². The van der Waals surface area contributed by atoms with Crippen molar-refractivity contribution < 1.29 is 4.74 Å². The molecule has 2 aromatic rings. The summed E-state index contributed by atoms with van der Waals surface area (Å²) in [7, 11) is 0. The van der Waals surface area contributed by atoms with E-state index < -0.39 is 0 Å². The minimum absolute atomic E-state index is 0.696. The number of rotatable bonds is 3. The zero-order chi connectivity index (χ0) is 12.4. The molecule has 0 bridgehead atoms. The predicted molar refractivity (Wildman–Crippen MR) is 75.9 cm³/mol. The monoisotopic (exact) mass is 311 g/mol. The normalized spacial score (nSPS) is 10.6. The lowest BCUT2D eigenvalue weighted by atomic mass is 10.0. The molecule has 0 fully saturated rings. The third-order valence-electron chi connectivity index (χ3n) is 2.57. The molecule has 0 saturated carbocycles. The zero-order valence-electron chi connectivity index (χ0n) is 10.1. The Labute approximate surface area is 114 Å². The molecular weight excluding hydrogens is 298 g/mol. The average molecular weight is 312 g/mol. The molecule has 1 aromatic carbocycles. The first-order valence-electron chi connectivity index (χ1n) is 5.47. The predicted octanol–water partition coefficient (Wildman–Crippen LogP) is 4.59. The Kier molecular flexibility index (Phi) is 3.84. The van der Waals surface area contributed by atoms with E-state index >= 15 is 0 Å². The maximum atomic E-state index is 5.59. The first-order chi connectivity index (χ1) is 8.11. The van der Waals surface area contributed by atoms with Gasteiger partial charge in [0.25, 0.3) is 0 Å². The Morgan fingerprint density at radius 3 is 2.65 bits per heavy atom. The van der Waals surface area contributed by atoms with Crippen molar-refractivity contribution in [2.75, 3.05) is 6.61 Å². The van der Waals surface area contributed by atoms with Gasteiger partial charge in [-0.3, -0.25) is 0 Å². The van der Waals surface area contributed by atoms with Crippen LogP contribution < -0.4 is 4.74 Å². The maximum Gasteiger partial charge on any atom is 0.159 e. The van der Waals surface area contributed by atoms with Gasteiger partial charge in [-0.25, -0.2) is 4.98 Å². The third-order valence-corrected chi connectivity index (χ3v) is 3.94. The SMILES string of the molecule is CCOc1cc(C)c(-c2csc(Br)n2)cc1C. The van der Waals surface area contributed by atoms with Crippen LogP contribution in [-0.4, -0.2) is 11.6 Å². The van der Waals surface area contributed by atoms with E-state index in [0.29, 0.717) is 6.61 Å². The van der Waals surface area contributed by atoms with Crippen LogP contribution in [0.15, 0.2) is 21.4 Å². The van der Waals surface area contributed by atoms with Crippen molar-refractivity contribution in [1.29, 1.82) is 0 Å². The highest BCUT2D eigenvalue weighted by Crippen LogP contribution is 2.31. The number of halogens is 1. The summed E-state index contributed by atoms with van der Waals surface area (Å²) in [5, 5.41) is 2.06. The molecule has 1 heterocycles. The summed E-state index contributed by atoms with van der Waals surface area (Å²) in [6.07, 6.45) is 0. The van der Waals surface area contributed by atoms with Crippen molar-refractivity contribution >= 4 is 27.3 Å². The van der Waals surface area contributed by atoms with Crippen LogP contribution in [0.2, 0.25) is 0 Å². The fourth-order valence-corrected chi connectivity index (χ4v) is 2.76. The van der Waals surface area contributed by atoms with Crippen molar-refractivity contribution in [3.63, 3.8) is 0 Å². The molecule has 1 aromatic heterocycles. The topological polar surface area (TPSA) is 22.1 Å². The molecule has 0 radical (unpaired) electrons. The minimum Gasteiger partial charge on any atom is -0.494 e. The summed E-state index contributed by atoms with van der Waals surface area (Å²) >= 11 is 5.00. The molecular formula is C13H14BrNOS. The molecule has 0 aliphatic rings. The first kappa shape index (κ1) is 12.6. The van der Waals surface area contributed by atoms with Gasteiger partial charge < -0.3 is 4.74 Å². The Bertz CT molecular complexity index is 536. The molecule has 2 nitrogen and oxygen atoms in total. The van der Waals surface area contributed by atoms with Gasteiger partial charge in [0.2, 0.25) is 0 Å². The summed E-state index contributed by atoms with van der Waals surface area (Å²) in [6.45, 7) is 6.85. The number of aromatic nitrogens is 1. The van der Waals surface area contributed by atoms with Crippen LogP contribution in [0.1, 0.15) is 18.1 Å². The van der Waals surface area contributed by atoms with E-state index in [2.05, 4.69) is 52.3 Å². The van der Waals surface area contributed by atoms with Crippen molar-refractivity contribution in [3.05, 3.63) is 32.6 Å². The Morgan fingerprint density at radius 2 is 2.06 bits per heavy atom. The van der Waals surface area contributed by atoms with Gasteiger partial charge in [-0.05, 0) is 60.0 Å². The summed E-state index contributed by atoms with van der Waals surface area (Å²) in [5.41, 5.74) is 4.53. The van der Waals surface area contributed by atoms with E-state index in [1.165, 1.54) is 11.1 Å². The number of aryl methyl sites for hydroxylation is 2. The van der Waals surface area contributed by atoms with Crippen molar-refractivity contribution in [3.8, 4) is 17.0 Å². The van der Waals surface area contributed by atoms with Crippen LogP contribution >= 0.6 is 27.3 Å². The maximum absolute atomic E-state index is 5.59. The second kappa shape index (κ2) is 5.19. The minimum atomic E-state index is 0.696. The largest absolute Gasteiger partial charge is 0.494 e. The number of hydrogen-bond acceptors (Lipinski definition) is 3. The number of thiazole rings is 1. The Balaban J connectivity index is 2.46. The molecule has 2 rings (SSSR count). The van der Waals surface area contributed by atoms with E-state index in [1.54, 1.807) is 11.3 Å². The quantitative estimate of drug-likeness (QED) is 0.827. The average Bonchev–Trinajstić information content (AvgIpc) is 2.70. The standard InChI is InChI=1S/C13H14BrNOS/c1-4-16-12-6-8(2)10(5-9(12)3)11-7-17-13(14)15-11/h5-7H,4H2,1-3H3. The lowest BCUT2D eigenvalue weighted by molar-refractivity contribution is 0.337. The van der Waals surface area contributed by atoms with E-state index in [9.17, 15) is 0 Å². The lowest BCUT2D eigenvalue weighted by Gasteiger charge is -2.11. The highest BCUT2D eigenvalue weighted by atomic mass is 79.9. The summed E-state index contributed by atoms with van der Waals surface area (Å²) in [4.78, 5) is 4.45. The highest BCUT2D eigenvalue weighted by molar-refractivity contribution is 9.11. The second-order valence-corrected chi connectivity index (χ2v) is 5.99. The van der Waals surface area contributed by atoms with Gasteiger partial charge in [0.15, 0.2) is 3.92 Å². The lowest BCUT2D eigenvalue weighted by Crippen LogP contribution is -1.96. The summed E-state index contributed by atoms with van der Waals surface area (Å²) in [6, 6.07) is 4.23. The number of ether oxygens (including phenoxy) is 1. The number of hydrogen-bond donors (Lipinski definition) is 0. The fraction of sp³-hybridized carbons (Fsp3) is 0.308. The van der Waals surface area contributed by atoms with Crippen molar-refractivity contribution in [2.24, 2.45) is 0 Å². The zero-order valence-corrected chi connectivity index (χ0v) is 12.5. The highest BCUT2D eigenvalue weighted by Gasteiger charge is 2.09. The molecule has 4 heteroatoms. The van der Waals surface area contributed by atoms with Crippen molar-refractivity contribution in [1.82, 2.24) is 4.98 Å². The third kappa shape index (κ3) is 2.69. The summed E-state index contributed by atoms with van der Waals surface area (Å²) < 4.78 is 6.50. The molecule has 0 unspecified atom stereocenters. The van der Waals surface area contributed by atoms with Gasteiger partial charge in [0.05, 0.1) is 12.3 Å². The molecule has 17 heavy (non-hydrogen) atoms. The van der Waals surface area contributed by atoms with Gasteiger partial charge >= 0.3 is 0 Å². The molecule has 0 spiro atoms. The van der Waals surface area contributed by atoms with E-state index in [-0.39, 0.29) is 0 Å². The van der Waals surface area contributed by atoms with Crippen LogP contribution in [0.3, 0.4) is 0 Å². The van der Waals surface area contributed by atoms with Gasteiger partial charge in [-0.15, -0.1) is 11.3 Å². The second-order valence-electron chi connectivity index (χ2n) is 3.85. The molecule has 0 atom stereocenters. The summed E-state index contributed by atoms with van der Waals surface area (Å²) in [5.74, 6) is 0.961. The van der Waals surface area contributed by atoms with Crippen LogP contribution in [0, 0.1) is 13.8 Å². The first-order valence-corrected chi connectivity index (χ1v) is 7.14. The fourth-order valence-electron chi connectivity index (χ4n) is 1.75. The van der Waals surface area contributed by atoms with Crippen LogP contribution in [0.5, 0.6) is 5.75 Å². The Hall–Kier alpha value is -0.870. The van der Waals surface area contributed by atoms with Gasteiger partial charge in [0, 0.05) is 10.9 Å². The molecule has 0 amide bonds. The molecule has 0 saturated heterocycles. The molecule has 90 valence electrons. The Morgan fingerprint density at radius 1 is 1.29 bits per heavy atom. The van der Waals surface area contributed by atoms with E-state index in [1.807, 2.05) is 6.92 Å². The van der Waals surface area contributed by atoms with Gasteiger partial charge in [-0.1, -0.05) is 0 Å². The number of nitrogens with zero attached hydrogens (tertiary/aromatic N) is 1. The molecule has 0 aliphatic carbocycles. The van der Waals surface area contributed by atoms with Gasteiger partial charge in [-0.2, -0.15) is 0 Å². The molecule has 0 aliphatic heterocycles. The van der Waals surface area contributed by atoms with Crippen LogP contribution in [0.25, 0.3) is 11.3 Å². The van der Waals surface area contributed by atoms with E-state index in [4.69, 9.17) is 4.74 Å². The molecule has 0 N–H and O–H groups in total. The van der Waals surface area contributed by atoms with Crippen molar-refractivity contribution in [2.45, 2.75) is 20.8 Å². The van der Waals surface area contributed by atoms with E-state index in [0.717, 1.165) is 20.9 Å². The van der Waals surface area contributed by atoms with Crippen LogP contribution in [0.4, 0.5) is 0 Å².